The maximum atomic E-state index is 11.9. The average molecular weight is 283 g/mol. The average Bonchev–Trinajstić information content (AvgIpc) is 2.82. The quantitative estimate of drug-likeness (QED) is 0.445. The van der Waals surface area contributed by atoms with Crippen molar-refractivity contribution in [2.75, 3.05) is 11.5 Å². The topological polar surface area (TPSA) is 79.5 Å². The van der Waals surface area contributed by atoms with Crippen LogP contribution in [-0.2, 0) is 18.2 Å². The van der Waals surface area contributed by atoms with Gasteiger partial charge in [-0.15, -0.1) is 11.8 Å². The minimum atomic E-state index is -1.13. The van der Waals surface area contributed by atoms with Gasteiger partial charge in [-0.2, -0.15) is 4.68 Å². The predicted molar refractivity (Wildman–Crippen MR) is 69.7 cm³/mol. The molecule has 18 heavy (non-hydrogen) atoms. The summed E-state index contributed by atoms with van der Waals surface area (Å²) in [5.74, 6) is 1.45. The van der Waals surface area contributed by atoms with Crippen molar-refractivity contribution in [1.29, 1.82) is 0 Å². The maximum absolute atomic E-state index is 11.9. The molecule has 2 aromatic heterocycles. The molecule has 2 heterocycles. The SMILES string of the molecule is Cn1nnnc1[S+]([O-])CCCSc1ccccn1. The molecule has 0 saturated carbocycles. The fraction of sp³-hybridized carbons (Fsp3) is 0.400. The molecule has 0 amide bonds. The van der Waals surface area contributed by atoms with Gasteiger partial charge < -0.3 is 4.55 Å². The van der Waals surface area contributed by atoms with Gasteiger partial charge in [-0.3, -0.25) is 0 Å². The van der Waals surface area contributed by atoms with Gasteiger partial charge in [0, 0.05) is 36.6 Å². The van der Waals surface area contributed by atoms with Gasteiger partial charge in [0.25, 0.3) is 0 Å². The van der Waals surface area contributed by atoms with Crippen LogP contribution in [0, 0.1) is 0 Å². The number of tetrazole rings is 1. The Morgan fingerprint density at radius 3 is 3.00 bits per heavy atom. The van der Waals surface area contributed by atoms with Gasteiger partial charge in [-0.25, -0.2) is 4.98 Å². The van der Waals surface area contributed by atoms with E-state index in [1.807, 2.05) is 18.2 Å². The van der Waals surface area contributed by atoms with Gasteiger partial charge in [-0.1, -0.05) is 11.2 Å². The van der Waals surface area contributed by atoms with Crippen LogP contribution in [0.1, 0.15) is 6.42 Å². The summed E-state index contributed by atoms with van der Waals surface area (Å²) in [7, 11) is 1.69. The fourth-order valence-electron chi connectivity index (χ4n) is 1.30. The first kappa shape index (κ1) is 13.3. The molecule has 1 unspecified atom stereocenters. The first-order valence-electron chi connectivity index (χ1n) is 5.42. The standard InChI is InChI=1S/C10H13N5OS2/c1-15-10(12-13-14-15)18(16)8-4-7-17-9-5-2-3-6-11-9/h2-3,5-6H,4,7-8H2,1H3. The Bertz CT molecular complexity index is 478. The van der Waals surface area contributed by atoms with Gasteiger partial charge in [-0.05, 0) is 22.6 Å². The zero-order valence-corrected chi connectivity index (χ0v) is 11.5. The lowest BCUT2D eigenvalue weighted by atomic mass is 10.5. The molecule has 2 aromatic rings. The molecule has 0 bridgehead atoms. The second-order valence-electron chi connectivity index (χ2n) is 3.50. The van der Waals surface area contributed by atoms with Crippen molar-refractivity contribution in [2.24, 2.45) is 7.05 Å². The minimum Gasteiger partial charge on any atom is -0.609 e. The maximum Gasteiger partial charge on any atom is 0.360 e. The van der Waals surface area contributed by atoms with Crippen molar-refractivity contribution in [3.8, 4) is 0 Å². The summed E-state index contributed by atoms with van der Waals surface area (Å²) < 4.78 is 13.3. The van der Waals surface area contributed by atoms with E-state index in [-0.39, 0.29) is 0 Å². The Balaban J connectivity index is 1.71. The molecule has 0 N–H and O–H groups in total. The van der Waals surface area contributed by atoms with Crippen molar-refractivity contribution in [2.45, 2.75) is 16.6 Å². The first-order chi connectivity index (χ1) is 8.77. The predicted octanol–water partition coefficient (Wildman–Crippen LogP) is 0.895. The second-order valence-corrected chi connectivity index (χ2v) is 6.08. The molecule has 0 aliphatic rings. The Labute approximate surface area is 112 Å². The summed E-state index contributed by atoms with van der Waals surface area (Å²) in [6, 6.07) is 5.81. The number of hydrogen-bond donors (Lipinski definition) is 0. The number of pyridine rings is 1. The van der Waals surface area contributed by atoms with Crippen molar-refractivity contribution in [1.82, 2.24) is 25.2 Å². The van der Waals surface area contributed by atoms with Crippen LogP contribution in [0.2, 0.25) is 0 Å². The van der Waals surface area contributed by atoms with Crippen LogP contribution < -0.4 is 0 Å². The van der Waals surface area contributed by atoms with Crippen molar-refractivity contribution in [3.63, 3.8) is 0 Å². The first-order valence-corrected chi connectivity index (χ1v) is 7.72. The number of hydrogen-bond acceptors (Lipinski definition) is 6. The molecule has 0 aliphatic heterocycles. The van der Waals surface area contributed by atoms with Gasteiger partial charge in [0.15, 0.2) is 0 Å². The molecule has 0 fully saturated rings. The van der Waals surface area contributed by atoms with E-state index in [2.05, 4.69) is 20.5 Å². The third-order valence-electron chi connectivity index (χ3n) is 2.15. The molecule has 0 aliphatic carbocycles. The molecule has 0 spiro atoms. The van der Waals surface area contributed by atoms with Crippen LogP contribution in [0.5, 0.6) is 0 Å². The Morgan fingerprint density at radius 2 is 2.33 bits per heavy atom. The molecular formula is C10H13N5OS2. The minimum absolute atomic E-state index is 0.429. The third-order valence-corrected chi connectivity index (χ3v) is 4.59. The van der Waals surface area contributed by atoms with Crippen molar-refractivity contribution >= 4 is 22.9 Å². The number of thioether (sulfide) groups is 1. The van der Waals surface area contributed by atoms with E-state index in [0.717, 1.165) is 17.2 Å². The third kappa shape index (κ3) is 3.69. The van der Waals surface area contributed by atoms with Crippen LogP contribution in [0.4, 0.5) is 0 Å². The highest BCUT2D eigenvalue weighted by molar-refractivity contribution is 7.99. The molecule has 96 valence electrons. The van der Waals surface area contributed by atoms with E-state index < -0.39 is 11.2 Å². The van der Waals surface area contributed by atoms with E-state index in [4.69, 9.17) is 0 Å². The summed E-state index contributed by atoms with van der Waals surface area (Å²) in [5.41, 5.74) is 0. The van der Waals surface area contributed by atoms with Crippen LogP contribution in [-0.4, -0.2) is 41.2 Å². The summed E-state index contributed by atoms with van der Waals surface area (Å²) in [6.45, 7) is 0. The molecular weight excluding hydrogens is 270 g/mol. The van der Waals surface area contributed by atoms with Gasteiger partial charge in [0.1, 0.15) is 5.75 Å². The number of nitrogens with zero attached hydrogens (tertiary/aromatic N) is 5. The van der Waals surface area contributed by atoms with E-state index in [9.17, 15) is 4.55 Å². The highest BCUT2D eigenvalue weighted by atomic mass is 32.2. The van der Waals surface area contributed by atoms with Crippen LogP contribution in [0.15, 0.2) is 34.6 Å². The molecule has 8 heteroatoms. The van der Waals surface area contributed by atoms with E-state index in [1.54, 1.807) is 25.0 Å². The molecule has 0 aromatic carbocycles. The summed E-state index contributed by atoms with van der Waals surface area (Å²) in [5, 5.41) is 12.3. The fourth-order valence-corrected chi connectivity index (χ4v) is 3.34. The smallest absolute Gasteiger partial charge is 0.360 e. The van der Waals surface area contributed by atoms with E-state index in [1.165, 1.54) is 4.68 Å². The van der Waals surface area contributed by atoms with E-state index >= 15 is 0 Å². The summed E-state index contributed by atoms with van der Waals surface area (Å²) in [6.07, 6.45) is 2.60. The van der Waals surface area contributed by atoms with E-state index in [0.29, 0.717) is 10.9 Å². The van der Waals surface area contributed by atoms with Gasteiger partial charge >= 0.3 is 5.16 Å². The van der Waals surface area contributed by atoms with Crippen LogP contribution >= 0.6 is 11.8 Å². The zero-order chi connectivity index (χ0) is 12.8. The highest BCUT2D eigenvalue weighted by Gasteiger charge is 2.17. The normalized spacial score (nSPS) is 12.6. The monoisotopic (exact) mass is 283 g/mol. The molecule has 2 rings (SSSR count). The molecule has 0 radical (unpaired) electrons. The molecule has 0 saturated heterocycles. The number of aryl methyl sites for hydroxylation is 1. The number of aromatic nitrogens is 5. The summed E-state index contributed by atoms with van der Waals surface area (Å²) in [4.78, 5) is 4.21. The van der Waals surface area contributed by atoms with Crippen molar-refractivity contribution in [3.05, 3.63) is 24.4 Å². The second kappa shape index (κ2) is 6.72. The Hall–Kier alpha value is -1.12. The molecule has 6 nitrogen and oxygen atoms in total. The lowest BCUT2D eigenvalue weighted by Gasteiger charge is -2.07. The highest BCUT2D eigenvalue weighted by Crippen LogP contribution is 2.16. The number of rotatable bonds is 6. The largest absolute Gasteiger partial charge is 0.609 e. The zero-order valence-electron chi connectivity index (χ0n) is 9.89. The lowest BCUT2D eigenvalue weighted by molar-refractivity contribution is 0.567. The Kier molecular flexibility index (Phi) is 4.97. The summed E-state index contributed by atoms with van der Waals surface area (Å²) >= 11 is 0.531. The molecule has 1 atom stereocenters. The van der Waals surface area contributed by atoms with Crippen LogP contribution in [0.3, 0.4) is 0 Å². The van der Waals surface area contributed by atoms with Gasteiger partial charge in [0.05, 0.1) is 5.03 Å². The Morgan fingerprint density at radius 1 is 1.44 bits per heavy atom. The van der Waals surface area contributed by atoms with Crippen LogP contribution in [0.25, 0.3) is 0 Å². The lowest BCUT2D eigenvalue weighted by Crippen LogP contribution is -2.13. The van der Waals surface area contributed by atoms with Crippen molar-refractivity contribution < 1.29 is 4.55 Å². The van der Waals surface area contributed by atoms with Gasteiger partial charge in [0.2, 0.25) is 0 Å².